The van der Waals surface area contributed by atoms with Crippen LogP contribution >= 0.6 is 0 Å². The molecule has 102 valence electrons. The van der Waals surface area contributed by atoms with Crippen LogP contribution < -0.4 is 10.6 Å². The maximum atomic E-state index is 10.7. The Kier molecular flexibility index (Phi) is 4.52. The van der Waals surface area contributed by atoms with Gasteiger partial charge in [-0.1, -0.05) is 17.7 Å². The van der Waals surface area contributed by atoms with E-state index in [2.05, 4.69) is 16.7 Å². The van der Waals surface area contributed by atoms with Gasteiger partial charge in [0.1, 0.15) is 0 Å². The molecule has 5 nitrogen and oxygen atoms in total. The first-order valence-electron chi connectivity index (χ1n) is 6.54. The Morgan fingerprint density at radius 2 is 2.32 bits per heavy atom. The van der Waals surface area contributed by atoms with E-state index < -0.39 is 0 Å². The quantitative estimate of drug-likeness (QED) is 0.486. The van der Waals surface area contributed by atoms with Crippen LogP contribution in [0.2, 0.25) is 0 Å². The third-order valence-electron chi connectivity index (χ3n) is 3.35. The monoisotopic (exact) mass is 261 g/mol. The molecule has 1 aromatic rings. The summed E-state index contributed by atoms with van der Waals surface area (Å²) in [7, 11) is 0. The number of rotatable bonds is 5. The molecule has 1 heterocycles. The van der Waals surface area contributed by atoms with Crippen LogP contribution in [0, 0.1) is 17.0 Å². The lowest BCUT2D eigenvalue weighted by Crippen LogP contribution is -2.21. The van der Waals surface area contributed by atoms with Crippen molar-refractivity contribution in [2.45, 2.75) is 19.8 Å². The fraction of sp³-hybridized carbons (Fsp3) is 0.429. The van der Waals surface area contributed by atoms with E-state index in [4.69, 9.17) is 0 Å². The van der Waals surface area contributed by atoms with Gasteiger partial charge in [0.05, 0.1) is 4.92 Å². The van der Waals surface area contributed by atoms with Crippen LogP contribution in [0.4, 0.5) is 11.4 Å². The van der Waals surface area contributed by atoms with E-state index in [0.29, 0.717) is 0 Å². The number of nitrogens with zero attached hydrogens (tertiary/aromatic N) is 1. The van der Waals surface area contributed by atoms with Gasteiger partial charge in [-0.15, -0.1) is 0 Å². The molecule has 0 spiro atoms. The number of benzene rings is 1. The molecular weight excluding hydrogens is 242 g/mol. The van der Waals surface area contributed by atoms with E-state index in [1.807, 2.05) is 6.92 Å². The van der Waals surface area contributed by atoms with Crippen molar-refractivity contribution in [1.82, 2.24) is 5.32 Å². The molecule has 0 bridgehead atoms. The third kappa shape index (κ3) is 3.79. The average molecular weight is 261 g/mol. The van der Waals surface area contributed by atoms with Crippen LogP contribution in [0.15, 0.2) is 29.8 Å². The standard InChI is InChI=1S/C14H19N3O2/c1-11-2-3-13(17(18)19)10-14(11)16-9-6-12-4-7-15-8-5-12/h2-4,10,15-16H,5-9H2,1H3. The molecule has 5 heteroatoms. The predicted octanol–water partition coefficient (Wildman–Crippen LogP) is 2.62. The molecule has 0 amide bonds. The van der Waals surface area contributed by atoms with Gasteiger partial charge in [0.25, 0.3) is 5.69 Å². The summed E-state index contributed by atoms with van der Waals surface area (Å²) in [5.41, 5.74) is 3.47. The molecule has 0 unspecified atom stereocenters. The van der Waals surface area contributed by atoms with Crippen LogP contribution in [0.1, 0.15) is 18.4 Å². The third-order valence-corrected chi connectivity index (χ3v) is 3.35. The fourth-order valence-corrected chi connectivity index (χ4v) is 2.17. The molecule has 0 fully saturated rings. The second-order valence-corrected chi connectivity index (χ2v) is 4.75. The number of nitrogens with one attached hydrogen (secondary N) is 2. The van der Waals surface area contributed by atoms with Gasteiger partial charge in [-0.3, -0.25) is 10.1 Å². The number of aryl methyl sites for hydroxylation is 1. The molecule has 2 N–H and O–H groups in total. The molecule has 1 aliphatic heterocycles. The second kappa shape index (κ2) is 6.33. The zero-order chi connectivity index (χ0) is 13.7. The van der Waals surface area contributed by atoms with Crippen molar-refractivity contribution in [2.24, 2.45) is 0 Å². The van der Waals surface area contributed by atoms with Gasteiger partial charge in [-0.05, 0) is 31.9 Å². The topological polar surface area (TPSA) is 67.2 Å². The molecular formula is C14H19N3O2. The minimum Gasteiger partial charge on any atom is -0.384 e. The molecule has 19 heavy (non-hydrogen) atoms. The van der Waals surface area contributed by atoms with E-state index in [9.17, 15) is 10.1 Å². The number of hydrogen-bond acceptors (Lipinski definition) is 4. The van der Waals surface area contributed by atoms with E-state index in [1.165, 1.54) is 11.6 Å². The van der Waals surface area contributed by atoms with Gasteiger partial charge in [0.15, 0.2) is 0 Å². The highest BCUT2D eigenvalue weighted by atomic mass is 16.6. The Bertz CT molecular complexity index is 497. The molecule has 1 aliphatic rings. The molecule has 0 saturated heterocycles. The first-order valence-corrected chi connectivity index (χ1v) is 6.54. The lowest BCUT2D eigenvalue weighted by atomic mass is 10.1. The smallest absolute Gasteiger partial charge is 0.271 e. The first-order chi connectivity index (χ1) is 9.16. The molecule has 0 saturated carbocycles. The molecule has 0 atom stereocenters. The normalized spacial score (nSPS) is 14.9. The number of nitro groups is 1. The summed E-state index contributed by atoms with van der Waals surface area (Å²) in [6, 6.07) is 4.92. The summed E-state index contributed by atoms with van der Waals surface area (Å²) < 4.78 is 0. The van der Waals surface area contributed by atoms with Gasteiger partial charge in [0.2, 0.25) is 0 Å². The van der Waals surface area contributed by atoms with Gasteiger partial charge in [-0.25, -0.2) is 0 Å². The second-order valence-electron chi connectivity index (χ2n) is 4.75. The largest absolute Gasteiger partial charge is 0.384 e. The van der Waals surface area contributed by atoms with Crippen LogP contribution in [-0.4, -0.2) is 24.6 Å². The van der Waals surface area contributed by atoms with Crippen molar-refractivity contribution in [3.8, 4) is 0 Å². The van der Waals surface area contributed by atoms with E-state index in [1.54, 1.807) is 12.1 Å². The molecule has 0 aromatic heterocycles. The number of anilines is 1. The summed E-state index contributed by atoms with van der Waals surface area (Å²) in [5.74, 6) is 0. The highest BCUT2D eigenvalue weighted by molar-refractivity contribution is 5.56. The Morgan fingerprint density at radius 1 is 1.47 bits per heavy atom. The SMILES string of the molecule is Cc1ccc([N+](=O)[O-])cc1NCCC1=CCNCC1. The number of hydrogen-bond donors (Lipinski definition) is 2. The van der Waals surface area contributed by atoms with Crippen LogP contribution in [-0.2, 0) is 0 Å². The van der Waals surface area contributed by atoms with Gasteiger partial charge >= 0.3 is 0 Å². The van der Waals surface area contributed by atoms with Crippen molar-refractivity contribution in [3.63, 3.8) is 0 Å². The number of non-ortho nitro benzene ring substituents is 1. The van der Waals surface area contributed by atoms with Crippen molar-refractivity contribution in [3.05, 3.63) is 45.5 Å². The average Bonchev–Trinajstić information content (AvgIpc) is 2.42. The Labute approximate surface area is 112 Å². The lowest BCUT2D eigenvalue weighted by molar-refractivity contribution is -0.384. The minimum absolute atomic E-state index is 0.134. The summed E-state index contributed by atoms with van der Waals surface area (Å²) in [4.78, 5) is 10.4. The Hall–Kier alpha value is -1.88. The minimum atomic E-state index is -0.361. The number of nitro benzene ring substituents is 1. The van der Waals surface area contributed by atoms with Crippen molar-refractivity contribution in [1.29, 1.82) is 0 Å². The molecule has 0 aliphatic carbocycles. The van der Waals surface area contributed by atoms with Crippen molar-refractivity contribution >= 4 is 11.4 Å². The van der Waals surface area contributed by atoms with Gasteiger partial charge in [0, 0.05) is 30.9 Å². The van der Waals surface area contributed by atoms with Gasteiger partial charge in [-0.2, -0.15) is 0 Å². The molecule has 1 aromatic carbocycles. The van der Waals surface area contributed by atoms with Crippen LogP contribution in [0.25, 0.3) is 0 Å². The van der Waals surface area contributed by atoms with E-state index >= 15 is 0 Å². The maximum Gasteiger partial charge on any atom is 0.271 e. The van der Waals surface area contributed by atoms with Crippen LogP contribution in [0.5, 0.6) is 0 Å². The van der Waals surface area contributed by atoms with Crippen molar-refractivity contribution < 1.29 is 4.92 Å². The summed E-state index contributed by atoms with van der Waals surface area (Å²) >= 11 is 0. The zero-order valence-electron chi connectivity index (χ0n) is 11.1. The fourth-order valence-electron chi connectivity index (χ4n) is 2.17. The lowest BCUT2D eigenvalue weighted by Gasteiger charge is -2.15. The maximum absolute atomic E-state index is 10.7. The summed E-state index contributed by atoms with van der Waals surface area (Å²) in [5, 5.41) is 17.3. The van der Waals surface area contributed by atoms with E-state index in [0.717, 1.165) is 43.7 Å². The van der Waals surface area contributed by atoms with E-state index in [-0.39, 0.29) is 10.6 Å². The van der Waals surface area contributed by atoms with Gasteiger partial charge < -0.3 is 10.6 Å². The summed E-state index contributed by atoms with van der Waals surface area (Å²) in [6.45, 7) is 4.76. The highest BCUT2D eigenvalue weighted by Gasteiger charge is 2.08. The Morgan fingerprint density at radius 3 is 3.00 bits per heavy atom. The zero-order valence-corrected chi connectivity index (χ0v) is 11.1. The van der Waals surface area contributed by atoms with Crippen LogP contribution in [0.3, 0.4) is 0 Å². The predicted molar refractivity (Wildman–Crippen MR) is 76.5 cm³/mol. The Balaban J connectivity index is 1.93. The first kappa shape index (κ1) is 13.5. The summed E-state index contributed by atoms with van der Waals surface area (Å²) in [6.07, 6.45) is 4.31. The molecule has 2 rings (SSSR count). The van der Waals surface area contributed by atoms with Crippen molar-refractivity contribution in [2.75, 3.05) is 25.0 Å². The highest BCUT2D eigenvalue weighted by Crippen LogP contribution is 2.22. The molecule has 0 radical (unpaired) electrons.